The predicted molar refractivity (Wildman–Crippen MR) is 82.5 cm³/mol. The lowest BCUT2D eigenvalue weighted by Crippen LogP contribution is -2.29. The minimum Gasteiger partial charge on any atom is -0.383 e. The molecule has 1 atom stereocenters. The average molecular weight is 312 g/mol. The number of ether oxygens (including phenoxy) is 1. The Morgan fingerprint density at radius 2 is 2.29 bits per heavy atom. The van der Waals surface area contributed by atoms with Crippen molar-refractivity contribution >= 4 is 11.6 Å². The summed E-state index contributed by atoms with van der Waals surface area (Å²) in [7, 11) is 3.66. The normalized spacial score (nSPS) is 12.8. The predicted octanol–water partition coefficient (Wildman–Crippen LogP) is 2.01. The van der Waals surface area contributed by atoms with Gasteiger partial charge in [0.15, 0.2) is 0 Å². The molecule has 2 aromatic rings. The Morgan fingerprint density at radius 3 is 2.90 bits per heavy atom. The van der Waals surface area contributed by atoms with Gasteiger partial charge in [-0.25, -0.2) is 4.98 Å². The second-order valence-corrected chi connectivity index (χ2v) is 5.28. The summed E-state index contributed by atoms with van der Waals surface area (Å²) >= 11 is 6.37. The maximum Gasteiger partial charge on any atom is 0.131 e. The summed E-state index contributed by atoms with van der Waals surface area (Å²) in [5, 5.41) is 8.49. The van der Waals surface area contributed by atoms with E-state index < -0.39 is 0 Å². The number of rotatable bonds is 8. The lowest BCUT2D eigenvalue weighted by Gasteiger charge is -2.20. The van der Waals surface area contributed by atoms with Crippen LogP contribution in [-0.2, 0) is 18.3 Å². The van der Waals surface area contributed by atoms with E-state index in [0.717, 1.165) is 24.5 Å². The molecule has 2 heterocycles. The molecule has 0 aliphatic rings. The number of aryl methyl sites for hydroxylation is 1. The number of halogens is 1. The molecule has 0 amide bonds. The van der Waals surface area contributed by atoms with Gasteiger partial charge in [0.1, 0.15) is 11.9 Å². The van der Waals surface area contributed by atoms with Crippen LogP contribution in [0.2, 0.25) is 5.02 Å². The van der Waals surface area contributed by atoms with Gasteiger partial charge in [-0.05, 0) is 13.0 Å². The molecule has 0 saturated heterocycles. The molecule has 6 nitrogen and oxygen atoms in total. The molecule has 0 aliphatic heterocycles. The Morgan fingerprint density at radius 1 is 1.48 bits per heavy atom. The summed E-state index contributed by atoms with van der Waals surface area (Å²) < 4.78 is 9.02. The minimum absolute atomic E-state index is 0.0863. The van der Waals surface area contributed by atoms with E-state index in [1.807, 2.05) is 22.5 Å². The van der Waals surface area contributed by atoms with Gasteiger partial charge in [-0.1, -0.05) is 18.5 Å². The summed E-state index contributed by atoms with van der Waals surface area (Å²) in [6.45, 7) is 4.26. The van der Waals surface area contributed by atoms with Gasteiger partial charge < -0.3 is 14.6 Å². The molecule has 7 heteroatoms. The second-order valence-electron chi connectivity index (χ2n) is 4.88. The number of nitrogens with zero attached hydrogens (tertiary/aromatic N) is 4. The van der Waals surface area contributed by atoms with Crippen LogP contribution in [0.15, 0.2) is 18.6 Å². The van der Waals surface area contributed by atoms with Crippen molar-refractivity contribution in [3.8, 4) is 0 Å². The topological polar surface area (TPSA) is 56.9 Å². The second kappa shape index (κ2) is 7.59. The quantitative estimate of drug-likeness (QED) is 0.810. The molecule has 2 aromatic heterocycles. The van der Waals surface area contributed by atoms with E-state index in [2.05, 4.69) is 22.3 Å². The van der Waals surface area contributed by atoms with Crippen molar-refractivity contribution in [3.63, 3.8) is 0 Å². The molecule has 0 saturated carbocycles. The molecule has 2 rings (SSSR count). The summed E-state index contributed by atoms with van der Waals surface area (Å²) in [5.41, 5.74) is 0.927. The van der Waals surface area contributed by atoms with Crippen molar-refractivity contribution in [2.24, 2.45) is 7.05 Å². The highest BCUT2D eigenvalue weighted by Crippen LogP contribution is 2.27. The largest absolute Gasteiger partial charge is 0.383 e. The zero-order valence-corrected chi connectivity index (χ0v) is 13.5. The van der Waals surface area contributed by atoms with E-state index >= 15 is 0 Å². The zero-order chi connectivity index (χ0) is 15.2. The third kappa shape index (κ3) is 3.64. The average Bonchev–Trinajstić information content (AvgIpc) is 3.05. The summed E-state index contributed by atoms with van der Waals surface area (Å²) in [4.78, 5) is 4.46. The highest BCUT2D eigenvalue weighted by molar-refractivity contribution is 6.31. The number of nitrogens with one attached hydrogen (secondary N) is 1. The van der Waals surface area contributed by atoms with E-state index in [-0.39, 0.29) is 6.04 Å². The molecule has 0 aliphatic carbocycles. The Bertz CT molecular complexity index is 565. The molecule has 0 fully saturated rings. The first-order chi connectivity index (χ1) is 10.2. The fourth-order valence-electron chi connectivity index (χ4n) is 2.27. The fourth-order valence-corrected chi connectivity index (χ4v) is 2.52. The van der Waals surface area contributed by atoms with E-state index in [1.54, 1.807) is 19.5 Å². The van der Waals surface area contributed by atoms with Gasteiger partial charge >= 0.3 is 0 Å². The van der Waals surface area contributed by atoms with E-state index in [4.69, 9.17) is 16.3 Å². The zero-order valence-electron chi connectivity index (χ0n) is 12.7. The van der Waals surface area contributed by atoms with Crippen molar-refractivity contribution in [1.29, 1.82) is 0 Å². The standard InChI is InChI=1S/C14H22ClN5O/c1-4-5-16-12(14-17-6-7-19(14)2)13-11(15)10-18-20(13)8-9-21-3/h6-7,10,12,16H,4-5,8-9H2,1-3H3. The highest BCUT2D eigenvalue weighted by Gasteiger charge is 2.24. The first-order valence-electron chi connectivity index (χ1n) is 7.09. The van der Waals surface area contributed by atoms with Crippen LogP contribution in [0, 0.1) is 0 Å². The van der Waals surface area contributed by atoms with Gasteiger partial charge in [0.2, 0.25) is 0 Å². The van der Waals surface area contributed by atoms with Gasteiger partial charge in [0, 0.05) is 26.6 Å². The van der Waals surface area contributed by atoms with Crippen LogP contribution in [0.4, 0.5) is 0 Å². The third-order valence-corrected chi connectivity index (χ3v) is 3.62. The smallest absolute Gasteiger partial charge is 0.131 e. The molecule has 0 spiro atoms. The van der Waals surface area contributed by atoms with E-state index in [1.165, 1.54) is 0 Å². The number of imidazole rings is 1. The monoisotopic (exact) mass is 311 g/mol. The molecule has 0 aromatic carbocycles. The molecular formula is C14H22ClN5O. The van der Waals surface area contributed by atoms with Gasteiger partial charge in [-0.2, -0.15) is 5.10 Å². The molecule has 0 bridgehead atoms. The van der Waals surface area contributed by atoms with Crippen molar-refractivity contribution < 1.29 is 4.74 Å². The minimum atomic E-state index is -0.0863. The van der Waals surface area contributed by atoms with Crippen LogP contribution in [0.25, 0.3) is 0 Å². The van der Waals surface area contributed by atoms with Crippen LogP contribution in [0.3, 0.4) is 0 Å². The van der Waals surface area contributed by atoms with Crippen LogP contribution >= 0.6 is 11.6 Å². The van der Waals surface area contributed by atoms with Crippen molar-refractivity contribution in [2.75, 3.05) is 20.3 Å². The van der Waals surface area contributed by atoms with Crippen LogP contribution in [-0.4, -0.2) is 39.6 Å². The van der Waals surface area contributed by atoms with E-state index in [0.29, 0.717) is 18.2 Å². The maximum absolute atomic E-state index is 6.37. The van der Waals surface area contributed by atoms with E-state index in [9.17, 15) is 0 Å². The van der Waals surface area contributed by atoms with Crippen molar-refractivity contribution in [2.45, 2.75) is 25.9 Å². The first-order valence-corrected chi connectivity index (χ1v) is 7.47. The third-order valence-electron chi connectivity index (χ3n) is 3.33. The van der Waals surface area contributed by atoms with Crippen LogP contribution < -0.4 is 5.32 Å². The lowest BCUT2D eigenvalue weighted by molar-refractivity contribution is 0.182. The summed E-state index contributed by atoms with van der Waals surface area (Å²) in [6.07, 6.45) is 6.43. The fraction of sp³-hybridized carbons (Fsp3) is 0.571. The molecule has 21 heavy (non-hydrogen) atoms. The Kier molecular flexibility index (Phi) is 5.78. The SMILES string of the molecule is CCCNC(c1nccn1C)c1c(Cl)cnn1CCOC. The van der Waals surface area contributed by atoms with Crippen LogP contribution in [0.5, 0.6) is 0 Å². The van der Waals surface area contributed by atoms with Gasteiger partial charge in [-0.15, -0.1) is 0 Å². The molecule has 1 unspecified atom stereocenters. The molecule has 0 radical (unpaired) electrons. The number of hydrogen-bond donors (Lipinski definition) is 1. The Labute approximate surface area is 130 Å². The Hall–Kier alpha value is -1.37. The van der Waals surface area contributed by atoms with Crippen molar-refractivity contribution in [1.82, 2.24) is 24.6 Å². The number of hydrogen-bond acceptors (Lipinski definition) is 4. The number of aromatic nitrogens is 4. The highest BCUT2D eigenvalue weighted by atomic mass is 35.5. The molecular weight excluding hydrogens is 290 g/mol. The summed E-state index contributed by atoms with van der Waals surface area (Å²) in [5.74, 6) is 0.921. The van der Waals surface area contributed by atoms with Gasteiger partial charge in [-0.3, -0.25) is 4.68 Å². The van der Waals surface area contributed by atoms with Gasteiger partial charge in [0.05, 0.1) is 30.1 Å². The molecule has 1 N–H and O–H groups in total. The lowest BCUT2D eigenvalue weighted by atomic mass is 10.1. The Balaban J connectivity index is 2.36. The maximum atomic E-state index is 6.37. The van der Waals surface area contributed by atoms with Crippen molar-refractivity contribution in [3.05, 3.63) is 35.1 Å². The van der Waals surface area contributed by atoms with Crippen LogP contribution in [0.1, 0.15) is 30.9 Å². The summed E-state index contributed by atoms with van der Waals surface area (Å²) in [6, 6.07) is -0.0863. The molecule has 116 valence electrons. The first kappa shape index (κ1) is 16.0. The van der Waals surface area contributed by atoms with Gasteiger partial charge in [0.25, 0.3) is 0 Å². The number of methoxy groups -OCH3 is 1.